The molecule has 152 valence electrons. The Labute approximate surface area is 186 Å². The van der Waals surface area contributed by atoms with Crippen molar-refractivity contribution in [1.29, 1.82) is 0 Å². The predicted octanol–water partition coefficient (Wildman–Crippen LogP) is 5.58. The summed E-state index contributed by atoms with van der Waals surface area (Å²) in [5.74, 6) is 0.904. The second-order valence-electron chi connectivity index (χ2n) is 5.96. The number of carbonyl (C=O) groups excluding carboxylic acids is 1. The minimum atomic E-state index is -0.219. The van der Waals surface area contributed by atoms with Gasteiger partial charge >= 0.3 is 0 Å². The molecule has 1 aromatic heterocycles. The van der Waals surface area contributed by atoms with Gasteiger partial charge in [-0.15, -0.1) is 10.2 Å². The molecule has 1 unspecified atom stereocenters. The topological polar surface area (TPSA) is 77.2 Å². The Balaban J connectivity index is 1.45. The second-order valence-corrected chi connectivity index (χ2v) is 8.13. The van der Waals surface area contributed by atoms with Gasteiger partial charge in [0.15, 0.2) is 6.61 Å². The van der Waals surface area contributed by atoms with E-state index in [2.05, 4.69) is 15.5 Å². The summed E-state index contributed by atoms with van der Waals surface area (Å²) in [6.45, 7) is 1.98. The quantitative estimate of drug-likeness (QED) is 0.431. The summed E-state index contributed by atoms with van der Waals surface area (Å²) < 4.78 is 11.0. The van der Waals surface area contributed by atoms with E-state index in [0.29, 0.717) is 26.7 Å². The van der Waals surface area contributed by atoms with Crippen molar-refractivity contribution < 1.29 is 13.9 Å². The van der Waals surface area contributed by atoms with Gasteiger partial charge < -0.3 is 14.5 Å². The fourth-order valence-corrected chi connectivity index (χ4v) is 3.33. The SMILES string of the molecule is CC(NC(=O)CSc1nnc(COc2ccc(Cl)cc2)o1)c1ccc(Cl)c(Cl)c1. The van der Waals surface area contributed by atoms with Crippen molar-refractivity contribution in [2.24, 2.45) is 0 Å². The molecule has 3 aromatic rings. The monoisotopic (exact) mass is 471 g/mol. The van der Waals surface area contributed by atoms with Gasteiger partial charge in [-0.1, -0.05) is 52.6 Å². The van der Waals surface area contributed by atoms with Gasteiger partial charge in [0.2, 0.25) is 5.91 Å². The van der Waals surface area contributed by atoms with Crippen LogP contribution in [-0.4, -0.2) is 21.9 Å². The number of nitrogens with one attached hydrogen (secondary N) is 1. The first-order valence-electron chi connectivity index (χ1n) is 8.48. The fraction of sp³-hybridized carbons (Fsp3) is 0.211. The van der Waals surface area contributed by atoms with Crippen LogP contribution in [0.1, 0.15) is 24.4 Å². The zero-order valence-corrected chi connectivity index (χ0v) is 18.3. The van der Waals surface area contributed by atoms with Crippen LogP contribution in [-0.2, 0) is 11.4 Å². The van der Waals surface area contributed by atoms with Gasteiger partial charge in [0.1, 0.15) is 5.75 Å². The summed E-state index contributed by atoms with van der Waals surface area (Å²) in [5, 5.41) is 12.5. The molecule has 1 atom stereocenters. The molecular formula is C19H16Cl3N3O3S. The maximum Gasteiger partial charge on any atom is 0.277 e. The van der Waals surface area contributed by atoms with E-state index in [-0.39, 0.29) is 29.5 Å². The zero-order valence-electron chi connectivity index (χ0n) is 15.2. The van der Waals surface area contributed by atoms with Crippen molar-refractivity contribution in [3.63, 3.8) is 0 Å². The molecule has 10 heteroatoms. The first-order valence-corrected chi connectivity index (χ1v) is 10.6. The van der Waals surface area contributed by atoms with Gasteiger partial charge in [-0.2, -0.15) is 0 Å². The number of hydrogen-bond donors (Lipinski definition) is 1. The molecule has 0 aliphatic rings. The summed E-state index contributed by atoms with van der Waals surface area (Å²) in [7, 11) is 0. The number of halogens is 3. The molecule has 0 aliphatic carbocycles. The summed E-state index contributed by atoms with van der Waals surface area (Å²) in [5.41, 5.74) is 0.858. The number of amides is 1. The molecule has 1 amide bonds. The first-order chi connectivity index (χ1) is 13.9. The number of aromatic nitrogens is 2. The first kappa shape index (κ1) is 21.8. The van der Waals surface area contributed by atoms with Gasteiger partial charge in [0, 0.05) is 5.02 Å². The smallest absolute Gasteiger partial charge is 0.277 e. The fourth-order valence-electron chi connectivity index (χ4n) is 2.31. The normalized spacial score (nSPS) is 11.9. The molecule has 3 rings (SSSR count). The molecule has 0 saturated heterocycles. The molecule has 2 aromatic carbocycles. The minimum Gasteiger partial charge on any atom is -0.484 e. The van der Waals surface area contributed by atoms with Gasteiger partial charge in [-0.05, 0) is 48.9 Å². The van der Waals surface area contributed by atoms with Gasteiger partial charge in [0.05, 0.1) is 21.8 Å². The molecule has 29 heavy (non-hydrogen) atoms. The number of hydrogen-bond acceptors (Lipinski definition) is 6. The van der Waals surface area contributed by atoms with Gasteiger partial charge in [-0.25, -0.2) is 0 Å². The average molecular weight is 473 g/mol. The van der Waals surface area contributed by atoms with Crippen LogP contribution >= 0.6 is 46.6 Å². The van der Waals surface area contributed by atoms with Crippen molar-refractivity contribution in [2.75, 3.05) is 5.75 Å². The van der Waals surface area contributed by atoms with Crippen LogP contribution in [0.2, 0.25) is 15.1 Å². The lowest BCUT2D eigenvalue weighted by Crippen LogP contribution is -2.28. The van der Waals surface area contributed by atoms with Crippen molar-refractivity contribution >= 4 is 52.5 Å². The number of thioether (sulfide) groups is 1. The number of ether oxygens (including phenoxy) is 1. The number of nitrogens with zero attached hydrogens (tertiary/aromatic N) is 2. The number of benzene rings is 2. The summed E-state index contributed by atoms with van der Waals surface area (Å²) >= 11 is 18.9. The lowest BCUT2D eigenvalue weighted by Gasteiger charge is -2.14. The van der Waals surface area contributed by atoms with Crippen LogP contribution in [0.5, 0.6) is 5.75 Å². The minimum absolute atomic E-state index is 0.121. The van der Waals surface area contributed by atoms with E-state index in [9.17, 15) is 4.79 Å². The van der Waals surface area contributed by atoms with Crippen LogP contribution in [0.25, 0.3) is 0 Å². The summed E-state index contributed by atoms with van der Waals surface area (Å²) in [6, 6.07) is 12.0. The molecule has 0 aliphatic heterocycles. The Hall–Kier alpha value is -1.93. The van der Waals surface area contributed by atoms with E-state index >= 15 is 0 Å². The van der Waals surface area contributed by atoms with Crippen molar-refractivity contribution in [3.05, 3.63) is 69.0 Å². The van der Waals surface area contributed by atoms with Crippen LogP contribution in [0.3, 0.4) is 0 Å². The number of carbonyl (C=O) groups is 1. The zero-order chi connectivity index (χ0) is 20.8. The molecular weight excluding hydrogens is 457 g/mol. The molecule has 6 nitrogen and oxygen atoms in total. The summed E-state index contributed by atoms with van der Waals surface area (Å²) in [4.78, 5) is 12.2. The standard InChI is InChI=1S/C19H16Cl3N3O3S/c1-11(12-2-7-15(21)16(22)8-12)23-17(26)10-29-19-25-24-18(28-19)9-27-14-5-3-13(20)4-6-14/h2-8,11H,9-10H2,1H3,(H,23,26). The Morgan fingerprint density at radius 1 is 1.14 bits per heavy atom. The highest BCUT2D eigenvalue weighted by Gasteiger charge is 2.14. The molecule has 1 N–H and O–H groups in total. The van der Waals surface area contributed by atoms with Gasteiger partial charge in [0.25, 0.3) is 11.1 Å². The third-order valence-corrected chi connectivity index (χ3v) is 5.58. The molecule has 1 heterocycles. The maximum atomic E-state index is 12.2. The van der Waals surface area contributed by atoms with E-state index in [1.54, 1.807) is 36.4 Å². The van der Waals surface area contributed by atoms with Crippen molar-refractivity contribution in [3.8, 4) is 5.75 Å². The maximum absolute atomic E-state index is 12.2. The Morgan fingerprint density at radius 3 is 2.62 bits per heavy atom. The Kier molecular flexibility index (Phi) is 7.66. The van der Waals surface area contributed by atoms with E-state index in [1.807, 2.05) is 13.0 Å². The Bertz CT molecular complexity index is 982. The highest BCUT2D eigenvalue weighted by atomic mass is 35.5. The van der Waals surface area contributed by atoms with E-state index in [0.717, 1.165) is 17.3 Å². The van der Waals surface area contributed by atoms with Crippen LogP contribution in [0.4, 0.5) is 0 Å². The number of rotatable bonds is 8. The van der Waals surface area contributed by atoms with Crippen LogP contribution in [0, 0.1) is 0 Å². The molecule has 0 radical (unpaired) electrons. The molecule has 0 bridgehead atoms. The third-order valence-electron chi connectivity index (χ3n) is 3.77. The highest BCUT2D eigenvalue weighted by Crippen LogP contribution is 2.26. The second kappa shape index (κ2) is 10.2. The predicted molar refractivity (Wildman–Crippen MR) is 114 cm³/mol. The van der Waals surface area contributed by atoms with E-state index in [4.69, 9.17) is 44.0 Å². The molecule has 0 saturated carbocycles. The molecule has 0 spiro atoms. The van der Waals surface area contributed by atoms with E-state index in [1.165, 1.54) is 0 Å². The summed E-state index contributed by atoms with van der Waals surface area (Å²) in [6.07, 6.45) is 0. The lowest BCUT2D eigenvalue weighted by molar-refractivity contribution is -0.119. The Morgan fingerprint density at radius 2 is 1.90 bits per heavy atom. The van der Waals surface area contributed by atoms with Crippen LogP contribution < -0.4 is 10.1 Å². The lowest BCUT2D eigenvalue weighted by atomic mass is 10.1. The largest absolute Gasteiger partial charge is 0.484 e. The molecule has 0 fully saturated rings. The van der Waals surface area contributed by atoms with Gasteiger partial charge in [-0.3, -0.25) is 4.79 Å². The highest BCUT2D eigenvalue weighted by molar-refractivity contribution is 7.99. The van der Waals surface area contributed by atoms with Crippen molar-refractivity contribution in [1.82, 2.24) is 15.5 Å². The van der Waals surface area contributed by atoms with E-state index < -0.39 is 0 Å². The van der Waals surface area contributed by atoms with Crippen molar-refractivity contribution in [2.45, 2.75) is 24.8 Å². The third kappa shape index (κ3) is 6.54. The van der Waals surface area contributed by atoms with Crippen LogP contribution in [0.15, 0.2) is 52.1 Å². The average Bonchev–Trinajstić information content (AvgIpc) is 3.16.